The number of ketones is 1. The lowest BCUT2D eigenvalue weighted by Gasteiger charge is -2.20. The molecule has 2 aromatic rings. The van der Waals surface area contributed by atoms with E-state index in [-0.39, 0.29) is 11.7 Å². The van der Waals surface area contributed by atoms with E-state index in [0.717, 1.165) is 17.5 Å². The second-order valence-electron chi connectivity index (χ2n) is 6.90. The van der Waals surface area contributed by atoms with Crippen LogP contribution in [-0.4, -0.2) is 30.3 Å². The van der Waals surface area contributed by atoms with E-state index in [1.54, 1.807) is 42.2 Å². The summed E-state index contributed by atoms with van der Waals surface area (Å²) in [5, 5.41) is 0. The minimum Gasteiger partial charge on any atom is -0.451 e. The van der Waals surface area contributed by atoms with Gasteiger partial charge in [-0.05, 0) is 51.0 Å². The van der Waals surface area contributed by atoms with E-state index in [1.165, 1.54) is 0 Å². The van der Waals surface area contributed by atoms with Crippen molar-refractivity contribution in [1.29, 1.82) is 0 Å². The highest BCUT2D eigenvalue weighted by Gasteiger charge is 2.28. The van der Waals surface area contributed by atoms with Crippen molar-refractivity contribution >= 4 is 23.3 Å². The molecule has 0 saturated carbocycles. The average molecular weight is 365 g/mol. The molecule has 1 aliphatic rings. The van der Waals surface area contributed by atoms with E-state index < -0.39 is 12.1 Å². The highest BCUT2D eigenvalue weighted by molar-refractivity contribution is 6.06. The monoisotopic (exact) mass is 365 g/mol. The quantitative estimate of drug-likeness (QED) is 0.596. The molecule has 3 rings (SSSR count). The number of carbonyl (C=O) groups excluding carboxylic acids is 3. The molecule has 0 N–H and O–H groups in total. The summed E-state index contributed by atoms with van der Waals surface area (Å²) in [5.41, 5.74) is 3.21. The minimum absolute atomic E-state index is 0.00485. The molecule has 1 amide bonds. The second kappa shape index (κ2) is 7.74. The third-order valence-corrected chi connectivity index (χ3v) is 4.80. The van der Waals surface area contributed by atoms with Crippen LogP contribution in [0, 0.1) is 13.8 Å². The number of ether oxygens (including phenoxy) is 1. The molecule has 1 atom stereocenters. The summed E-state index contributed by atoms with van der Waals surface area (Å²) in [5.74, 6) is -0.842. The third kappa shape index (κ3) is 3.92. The van der Waals surface area contributed by atoms with Crippen LogP contribution in [0.15, 0.2) is 42.5 Å². The molecule has 0 radical (unpaired) electrons. The SMILES string of the molecule is Cc1ccc(C)c(C(=O)[C@H](C)OC(=O)c2ccccc2N2CCCC2=O)c1. The Kier molecular flexibility index (Phi) is 5.40. The van der Waals surface area contributed by atoms with Crippen molar-refractivity contribution in [2.24, 2.45) is 0 Å². The number of para-hydroxylation sites is 1. The maximum atomic E-state index is 12.7. The van der Waals surface area contributed by atoms with Crippen molar-refractivity contribution in [3.8, 4) is 0 Å². The first-order valence-electron chi connectivity index (χ1n) is 9.10. The lowest BCUT2D eigenvalue weighted by molar-refractivity contribution is -0.117. The molecule has 0 spiro atoms. The molecule has 1 fully saturated rings. The van der Waals surface area contributed by atoms with Gasteiger partial charge in [0.1, 0.15) is 0 Å². The molecule has 0 aliphatic carbocycles. The van der Waals surface area contributed by atoms with Crippen LogP contribution in [0.3, 0.4) is 0 Å². The molecule has 5 nitrogen and oxygen atoms in total. The molecule has 2 aromatic carbocycles. The number of carbonyl (C=O) groups is 3. The normalized spacial score (nSPS) is 14.9. The Morgan fingerprint density at radius 2 is 1.81 bits per heavy atom. The number of amides is 1. The molecule has 1 heterocycles. The zero-order valence-corrected chi connectivity index (χ0v) is 15.8. The number of aryl methyl sites for hydroxylation is 2. The van der Waals surface area contributed by atoms with Crippen LogP contribution in [0.25, 0.3) is 0 Å². The summed E-state index contributed by atoms with van der Waals surface area (Å²) in [7, 11) is 0. The smallest absolute Gasteiger partial charge is 0.340 e. The number of hydrogen-bond acceptors (Lipinski definition) is 4. The van der Waals surface area contributed by atoms with Gasteiger partial charge in [-0.1, -0.05) is 29.8 Å². The fraction of sp³-hybridized carbons (Fsp3) is 0.318. The first-order valence-corrected chi connectivity index (χ1v) is 9.10. The van der Waals surface area contributed by atoms with Gasteiger partial charge in [-0.2, -0.15) is 0 Å². The van der Waals surface area contributed by atoms with Gasteiger partial charge in [-0.25, -0.2) is 4.79 Å². The van der Waals surface area contributed by atoms with Crippen LogP contribution in [0.5, 0.6) is 0 Å². The molecule has 0 bridgehead atoms. The largest absolute Gasteiger partial charge is 0.451 e. The number of rotatable bonds is 5. The van der Waals surface area contributed by atoms with Gasteiger partial charge >= 0.3 is 5.97 Å². The molecular weight excluding hydrogens is 342 g/mol. The summed E-state index contributed by atoms with van der Waals surface area (Å²) in [6.45, 7) is 5.93. The number of anilines is 1. The number of nitrogens with zero attached hydrogens (tertiary/aromatic N) is 1. The zero-order chi connectivity index (χ0) is 19.6. The predicted octanol–water partition coefficient (Wildman–Crippen LogP) is 3.86. The number of hydrogen-bond donors (Lipinski definition) is 0. The van der Waals surface area contributed by atoms with E-state index in [4.69, 9.17) is 4.74 Å². The summed E-state index contributed by atoms with van der Waals surface area (Å²) in [6, 6.07) is 12.5. The highest BCUT2D eigenvalue weighted by atomic mass is 16.5. The van der Waals surface area contributed by atoms with Gasteiger partial charge in [0, 0.05) is 18.5 Å². The molecule has 140 valence electrons. The second-order valence-corrected chi connectivity index (χ2v) is 6.90. The molecule has 27 heavy (non-hydrogen) atoms. The van der Waals surface area contributed by atoms with Crippen molar-refractivity contribution in [1.82, 2.24) is 0 Å². The lowest BCUT2D eigenvalue weighted by atomic mass is 9.99. The van der Waals surface area contributed by atoms with Gasteiger partial charge in [0.15, 0.2) is 6.10 Å². The molecule has 0 unspecified atom stereocenters. The predicted molar refractivity (Wildman–Crippen MR) is 103 cm³/mol. The van der Waals surface area contributed by atoms with E-state index >= 15 is 0 Å². The molecule has 5 heteroatoms. The molecule has 0 aromatic heterocycles. The first-order chi connectivity index (χ1) is 12.9. The van der Waals surface area contributed by atoms with Crippen LogP contribution >= 0.6 is 0 Å². The Labute approximate surface area is 158 Å². The Bertz CT molecular complexity index is 903. The average Bonchev–Trinajstić information content (AvgIpc) is 3.08. The Hall–Kier alpha value is -2.95. The van der Waals surface area contributed by atoms with E-state index in [9.17, 15) is 14.4 Å². The van der Waals surface area contributed by atoms with Crippen molar-refractivity contribution < 1.29 is 19.1 Å². The summed E-state index contributed by atoms with van der Waals surface area (Å²) in [6.07, 6.45) is 0.328. The Morgan fingerprint density at radius 1 is 1.07 bits per heavy atom. The van der Waals surface area contributed by atoms with E-state index in [0.29, 0.717) is 29.8 Å². The lowest BCUT2D eigenvalue weighted by Crippen LogP contribution is -2.28. The van der Waals surface area contributed by atoms with Crippen molar-refractivity contribution in [3.05, 3.63) is 64.7 Å². The maximum Gasteiger partial charge on any atom is 0.340 e. The molecular formula is C22H23NO4. The van der Waals surface area contributed by atoms with Gasteiger partial charge in [-0.3, -0.25) is 9.59 Å². The molecule has 1 saturated heterocycles. The zero-order valence-electron chi connectivity index (χ0n) is 15.8. The maximum absolute atomic E-state index is 12.7. The van der Waals surface area contributed by atoms with Gasteiger partial charge in [0.05, 0.1) is 11.3 Å². The number of benzene rings is 2. The molecule has 1 aliphatic heterocycles. The summed E-state index contributed by atoms with van der Waals surface area (Å²) in [4.78, 5) is 39.1. The van der Waals surface area contributed by atoms with Crippen molar-refractivity contribution in [2.75, 3.05) is 11.4 Å². The standard InChI is InChI=1S/C22H23NO4/c1-14-10-11-15(2)18(13-14)21(25)16(3)27-22(26)17-7-4-5-8-19(17)23-12-6-9-20(23)24/h4-5,7-8,10-11,13,16H,6,9,12H2,1-3H3/t16-/m0/s1. The van der Waals surface area contributed by atoms with Crippen molar-refractivity contribution in [2.45, 2.75) is 39.7 Å². The summed E-state index contributed by atoms with van der Waals surface area (Å²) < 4.78 is 5.46. The fourth-order valence-corrected chi connectivity index (χ4v) is 3.28. The van der Waals surface area contributed by atoms with Crippen LogP contribution in [0.1, 0.15) is 51.6 Å². The van der Waals surface area contributed by atoms with Gasteiger partial charge < -0.3 is 9.64 Å². The third-order valence-electron chi connectivity index (χ3n) is 4.80. The van der Waals surface area contributed by atoms with Gasteiger partial charge in [-0.15, -0.1) is 0 Å². The van der Waals surface area contributed by atoms with E-state index in [2.05, 4.69) is 0 Å². The topological polar surface area (TPSA) is 63.7 Å². The number of esters is 1. The Balaban J connectivity index is 1.80. The van der Waals surface area contributed by atoms with Gasteiger partial charge in [0.25, 0.3) is 0 Å². The summed E-state index contributed by atoms with van der Waals surface area (Å²) >= 11 is 0. The van der Waals surface area contributed by atoms with Crippen LogP contribution in [0.4, 0.5) is 5.69 Å². The van der Waals surface area contributed by atoms with Gasteiger partial charge in [0.2, 0.25) is 11.7 Å². The van der Waals surface area contributed by atoms with Crippen LogP contribution in [-0.2, 0) is 9.53 Å². The van der Waals surface area contributed by atoms with Crippen LogP contribution in [0.2, 0.25) is 0 Å². The van der Waals surface area contributed by atoms with E-state index in [1.807, 2.05) is 26.0 Å². The van der Waals surface area contributed by atoms with Crippen LogP contribution < -0.4 is 4.90 Å². The first kappa shape index (κ1) is 18.8. The Morgan fingerprint density at radius 3 is 2.52 bits per heavy atom. The highest BCUT2D eigenvalue weighted by Crippen LogP contribution is 2.26. The minimum atomic E-state index is -0.916. The fourth-order valence-electron chi connectivity index (χ4n) is 3.28. The number of Topliss-reactive ketones (excluding diaryl/α,β-unsaturated/α-hetero) is 1. The van der Waals surface area contributed by atoms with Crippen molar-refractivity contribution in [3.63, 3.8) is 0 Å².